The van der Waals surface area contributed by atoms with E-state index in [-0.39, 0.29) is 24.4 Å². The third-order valence-electron chi connectivity index (χ3n) is 5.50. The number of hydrogen-bond acceptors (Lipinski definition) is 7. The van der Waals surface area contributed by atoms with Gasteiger partial charge in [0, 0.05) is 31.5 Å². The van der Waals surface area contributed by atoms with Crippen LogP contribution in [0, 0.1) is 12.8 Å². The van der Waals surface area contributed by atoms with Crippen LogP contribution in [0.1, 0.15) is 24.6 Å². The Balaban J connectivity index is 1.53. The monoisotopic (exact) mass is 394 g/mol. The summed E-state index contributed by atoms with van der Waals surface area (Å²) in [6.07, 6.45) is 5.80. The number of amides is 1. The van der Waals surface area contributed by atoms with Gasteiger partial charge >= 0.3 is 0 Å². The Bertz CT molecular complexity index is 940. The number of hydrogen-bond donors (Lipinski definition) is 1. The summed E-state index contributed by atoms with van der Waals surface area (Å²) in [5, 5.41) is 11.0. The van der Waals surface area contributed by atoms with Gasteiger partial charge in [-0.05, 0) is 31.7 Å². The number of nitrogens with one attached hydrogen (secondary N) is 1. The number of aryl methyl sites for hydroxylation is 1. The highest BCUT2D eigenvalue weighted by molar-refractivity contribution is 7.88. The normalized spacial score (nSPS) is 28.4. The van der Waals surface area contributed by atoms with E-state index in [1.54, 1.807) is 30.1 Å². The van der Waals surface area contributed by atoms with Crippen LogP contribution in [-0.4, -0.2) is 63.9 Å². The predicted octanol–water partition coefficient (Wildman–Crippen LogP) is -0.317. The minimum Gasteiger partial charge on any atom is -0.352 e. The topological polar surface area (TPSA) is 123 Å². The molecule has 2 aromatic rings. The first-order valence-corrected chi connectivity index (χ1v) is 10.6. The van der Waals surface area contributed by atoms with Crippen molar-refractivity contribution >= 4 is 15.9 Å². The van der Waals surface area contributed by atoms with Gasteiger partial charge in [0.1, 0.15) is 6.54 Å². The largest absolute Gasteiger partial charge is 0.352 e. The van der Waals surface area contributed by atoms with Crippen molar-refractivity contribution in [3.05, 3.63) is 30.2 Å². The quantitative estimate of drug-likeness (QED) is 0.737. The number of carbonyl (C=O) groups excluding carboxylic acids is 1. The average molecular weight is 394 g/mol. The molecule has 0 unspecified atom stereocenters. The molecular weight excluding hydrogens is 372 g/mol. The maximum atomic E-state index is 12.3. The van der Waals surface area contributed by atoms with Gasteiger partial charge < -0.3 is 9.84 Å². The first-order chi connectivity index (χ1) is 12.8. The van der Waals surface area contributed by atoms with Gasteiger partial charge in [-0.25, -0.2) is 12.7 Å². The van der Waals surface area contributed by atoms with Crippen molar-refractivity contribution in [3.63, 3.8) is 0 Å². The summed E-state index contributed by atoms with van der Waals surface area (Å²) in [6.45, 7) is 2.58. The lowest BCUT2D eigenvalue weighted by Crippen LogP contribution is -2.40. The van der Waals surface area contributed by atoms with E-state index in [9.17, 15) is 13.2 Å². The molecule has 0 spiro atoms. The second kappa shape index (κ2) is 6.41. The maximum absolute atomic E-state index is 12.3. The van der Waals surface area contributed by atoms with Crippen molar-refractivity contribution < 1.29 is 17.7 Å². The molecule has 146 valence electrons. The van der Waals surface area contributed by atoms with E-state index in [4.69, 9.17) is 4.52 Å². The molecule has 10 nitrogen and oxygen atoms in total. The molecule has 1 N–H and O–H groups in total. The van der Waals surface area contributed by atoms with Gasteiger partial charge in [0.25, 0.3) is 0 Å². The first-order valence-electron chi connectivity index (χ1n) is 8.79. The zero-order valence-electron chi connectivity index (χ0n) is 15.2. The van der Waals surface area contributed by atoms with Crippen molar-refractivity contribution in [2.45, 2.75) is 37.8 Å². The molecule has 3 heterocycles. The summed E-state index contributed by atoms with van der Waals surface area (Å²) >= 11 is 0. The second-order valence-corrected chi connectivity index (χ2v) is 9.45. The zero-order valence-corrected chi connectivity index (χ0v) is 16.0. The summed E-state index contributed by atoms with van der Waals surface area (Å²) in [7, 11) is -3.31. The van der Waals surface area contributed by atoms with Crippen molar-refractivity contribution in [2.75, 3.05) is 19.3 Å². The Morgan fingerprint density at radius 1 is 1.48 bits per heavy atom. The number of rotatable bonds is 5. The van der Waals surface area contributed by atoms with Crippen LogP contribution in [0.5, 0.6) is 0 Å². The Morgan fingerprint density at radius 3 is 2.93 bits per heavy atom. The number of nitrogens with zero attached hydrogens (tertiary/aromatic N) is 5. The first kappa shape index (κ1) is 18.1. The SMILES string of the molecule is Cc1noc([C@]23C[C@H](NC(=O)Cn4cccn4)C[C@H]2CN(S(C)(=O)=O)C3)n1. The fraction of sp³-hybridized carbons (Fsp3) is 0.625. The second-order valence-electron chi connectivity index (χ2n) is 7.46. The third-order valence-corrected chi connectivity index (χ3v) is 6.71. The molecule has 2 aromatic heterocycles. The van der Waals surface area contributed by atoms with E-state index >= 15 is 0 Å². The molecule has 1 amide bonds. The van der Waals surface area contributed by atoms with E-state index in [0.29, 0.717) is 37.6 Å². The van der Waals surface area contributed by atoms with Crippen molar-refractivity contribution in [2.24, 2.45) is 5.92 Å². The highest BCUT2D eigenvalue weighted by Crippen LogP contribution is 2.50. The summed E-state index contributed by atoms with van der Waals surface area (Å²) in [6, 6.07) is 1.69. The molecule has 1 saturated heterocycles. The minimum atomic E-state index is -3.31. The van der Waals surface area contributed by atoms with E-state index in [0.717, 1.165) is 0 Å². The molecule has 2 aliphatic rings. The maximum Gasteiger partial charge on any atom is 0.241 e. The van der Waals surface area contributed by atoms with E-state index in [2.05, 4.69) is 20.6 Å². The van der Waals surface area contributed by atoms with Crippen LogP contribution in [0.25, 0.3) is 0 Å². The summed E-state index contributed by atoms with van der Waals surface area (Å²) in [5.41, 5.74) is -0.562. The molecule has 0 bridgehead atoms. The zero-order chi connectivity index (χ0) is 19.2. The Kier molecular flexibility index (Phi) is 4.30. The van der Waals surface area contributed by atoms with Crippen LogP contribution >= 0.6 is 0 Å². The van der Waals surface area contributed by atoms with Gasteiger partial charge in [0.15, 0.2) is 5.82 Å². The van der Waals surface area contributed by atoms with Crippen molar-refractivity contribution in [1.82, 2.24) is 29.5 Å². The fourth-order valence-corrected chi connectivity index (χ4v) is 5.25. The van der Waals surface area contributed by atoms with Crippen LogP contribution in [0.3, 0.4) is 0 Å². The van der Waals surface area contributed by atoms with Crippen LogP contribution < -0.4 is 5.32 Å². The molecule has 2 fully saturated rings. The number of sulfonamides is 1. The number of carbonyl (C=O) groups is 1. The average Bonchev–Trinajstić information content (AvgIpc) is 3.29. The number of aromatic nitrogens is 4. The van der Waals surface area contributed by atoms with Gasteiger partial charge in [-0.3, -0.25) is 9.48 Å². The summed E-state index contributed by atoms with van der Waals surface area (Å²) < 4.78 is 32.6. The van der Waals surface area contributed by atoms with Crippen LogP contribution in [0.15, 0.2) is 23.0 Å². The predicted molar refractivity (Wildman–Crippen MR) is 94.0 cm³/mol. The lowest BCUT2D eigenvalue weighted by atomic mass is 9.80. The van der Waals surface area contributed by atoms with Crippen LogP contribution in [0.2, 0.25) is 0 Å². The van der Waals surface area contributed by atoms with Crippen LogP contribution in [-0.2, 0) is 26.8 Å². The summed E-state index contributed by atoms with van der Waals surface area (Å²) in [4.78, 5) is 16.7. The van der Waals surface area contributed by atoms with Gasteiger partial charge in [0.05, 0.1) is 11.7 Å². The highest BCUT2D eigenvalue weighted by Gasteiger charge is 2.58. The van der Waals surface area contributed by atoms with E-state index < -0.39 is 15.4 Å². The van der Waals surface area contributed by atoms with Crippen LogP contribution in [0.4, 0.5) is 0 Å². The van der Waals surface area contributed by atoms with Gasteiger partial charge in [0.2, 0.25) is 21.8 Å². The molecule has 0 radical (unpaired) electrons. The summed E-state index contributed by atoms with van der Waals surface area (Å²) in [5.74, 6) is 0.865. The van der Waals surface area contributed by atoms with Gasteiger partial charge in [-0.2, -0.15) is 10.1 Å². The lowest BCUT2D eigenvalue weighted by molar-refractivity contribution is -0.122. The number of fused-ring (bicyclic) bond motifs is 1. The van der Waals surface area contributed by atoms with E-state index in [1.807, 2.05) is 0 Å². The smallest absolute Gasteiger partial charge is 0.241 e. The Morgan fingerprint density at radius 2 is 2.30 bits per heavy atom. The minimum absolute atomic E-state index is 0.0158. The molecule has 1 saturated carbocycles. The van der Waals surface area contributed by atoms with Gasteiger partial charge in [-0.1, -0.05) is 5.16 Å². The highest BCUT2D eigenvalue weighted by atomic mass is 32.2. The molecule has 1 aliphatic heterocycles. The van der Waals surface area contributed by atoms with Crippen molar-refractivity contribution in [3.8, 4) is 0 Å². The molecule has 4 rings (SSSR count). The molecule has 27 heavy (non-hydrogen) atoms. The third kappa shape index (κ3) is 3.36. The van der Waals surface area contributed by atoms with Crippen molar-refractivity contribution in [1.29, 1.82) is 0 Å². The molecular formula is C16H22N6O4S. The van der Waals surface area contributed by atoms with E-state index in [1.165, 1.54) is 10.6 Å². The Labute approximate surface area is 157 Å². The standard InChI is InChI=1S/C16H22N6O4S/c1-11-18-15(26-20-11)16-7-13(19-14(23)9-21-5-3-4-17-21)6-12(16)8-22(10-16)27(2,24)25/h3-5,12-13H,6-10H2,1-2H3,(H,19,23)/t12-,13+,16-/m0/s1. The molecule has 0 aromatic carbocycles. The fourth-order valence-electron chi connectivity index (χ4n) is 4.33. The van der Waals surface area contributed by atoms with Gasteiger partial charge in [-0.15, -0.1) is 0 Å². The molecule has 1 aliphatic carbocycles. The molecule has 11 heteroatoms. The lowest BCUT2D eigenvalue weighted by Gasteiger charge is -2.24. The molecule has 3 atom stereocenters. The Hall–Kier alpha value is -2.27.